The van der Waals surface area contributed by atoms with Crippen molar-refractivity contribution in [2.75, 3.05) is 6.54 Å². The normalized spacial score (nSPS) is 22.3. The summed E-state index contributed by atoms with van der Waals surface area (Å²) in [5.41, 5.74) is 1.71. The number of nitrogens with zero attached hydrogens (tertiary/aromatic N) is 1. The van der Waals surface area contributed by atoms with Crippen molar-refractivity contribution in [1.82, 2.24) is 10.6 Å². The highest BCUT2D eigenvalue weighted by molar-refractivity contribution is 7.07. The lowest BCUT2D eigenvalue weighted by Crippen LogP contribution is -2.39. The Morgan fingerprint density at radius 1 is 1.59 bits per heavy atom. The van der Waals surface area contributed by atoms with Crippen LogP contribution in [0.5, 0.6) is 0 Å². The highest BCUT2D eigenvalue weighted by atomic mass is 32.1. The van der Waals surface area contributed by atoms with E-state index in [1.807, 2.05) is 0 Å². The standard InChI is InChI=1S/C13H21N3S/c1-4-14-12(16-11-7-13(11,2)3)15-8-10-5-6-17-9-10/h5-6,9,11H,4,7-8H2,1-3H3,(H2,14,15,16). The Labute approximate surface area is 107 Å². The van der Waals surface area contributed by atoms with Crippen molar-refractivity contribution in [3.8, 4) is 0 Å². The van der Waals surface area contributed by atoms with Crippen molar-refractivity contribution in [3.05, 3.63) is 22.4 Å². The highest BCUT2D eigenvalue weighted by Crippen LogP contribution is 2.44. The van der Waals surface area contributed by atoms with Crippen molar-refractivity contribution in [1.29, 1.82) is 0 Å². The first-order valence-electron chi connectivity index (χ1n) is 6.18. The molecule has 0 spiro atoms. The topological polar surface area (TPSA) is 36.4 Å². The summed E-state index contributed by atoms with van der Waals surface area (Å²) in [5.74, 6) is 0.939. The molecular formula is C13H21N3S. The molecule has 0 bridgehead atoms. The first kappa shape index (κ1) is 12.4. The molecule has 1 atom stereocenters. The van der Waals surface area contributed by atoms with Crippen molar-refractivity contribution in [2.24, 2.45) is 10.4 Å². The molecule has 1 aliphatic rings. The molecule has 1 heterocycles. The number of hydrogen-bond acceptors (Lipinski definition) is 2. The van der Waals surface area contributed by atoms with Gasteiger partial charge in [-0.15, -0.1) is 0 Å². The van der Waals surface area contributed by atoms with Crippen molar-refractivity contribution in [3.63, 3.8) is 0 Å². The lowest BCUT2D eigenvalue weighted by Gasteiger charge is -2.12. The summed E-state index contributed by atoms with van der Waals surface area (Å²) in [4.78, 5) is 4.60. The van der Waals surface area contributed by atoms with Crippen LogP contribution in [-0.2, 0) is 6.54 Å². The van der Waals surface area contributed by atoms with E-state index in [4.69, 9.17) is 0 Å². The number of thiophene rings is 1. The lowest BCUT2D eigenvalue weighted by molar-refractivity contribution is 0.589. The third kappa shape index (κ3) is 3.46. The van der Waals surface area contributed by atoms with Gasteiger partial charge in [-0.25, -0.2) is 4.99 Å². The number of hydrogen-bond donors (Lipinski definition) is 2. The quantitative estimate of drug-likeness (QED) is 0.637. The van der Waals surface area contributed by atoms with Gasteiger partial charge < -0.3 is 10.6 Å². The summed E-state index contributed by atoms with van der Waals surface area (Å²) in [6.07, 6.45) is 1.23. The van der Waals surface area contributed by atoms with E-state index in [-0.39, 0.29) is 0 Å². The molecule has 0 saturated heterocycles. The van der Waals surface area contributed by atoms with Crippen molar-refractivity contribution < 1.29 is 0 Å². The Hall–Kier alpha value is -1.03. The van der Waals surface area contributed by atoms with Crippen molar-refractivity contribution in [2.45, 2.75) is 39.8 Å². The van der Waals surface area contributed by atoms with Gasteiger partial charge in [0, 0.05) is 12.6 Å². The summed E-state index contributed by atoms with van der Waals surface area (Å²) in [6.45, 7) is 8.33. The van der Waals surface area contributed by atoms with Crippen LogP contribution in [0.4, 0.5) is 0 Å². The van der Waals surface area contributed by atoms with Gasteiger partial charge in [0.2, 0.25) is 0 Å². The minimum Gasteiger partial charge on any atom is -0.357 e. The molecule has 0 aliphatic heterocycles. The lowest BCUT2D eigenvalue weighted by atomic mass is 10.2. The SMILES string of the molecule is CCNC(=NCc1ccsc1)NC1CC1(C)C. The summed E-state index contributed by atoms with van der Waals surface area (Å²) in [6, 6.07) is 2.70. The number of guanidine groups is 1. The van der Waals surface area contributed by atoms with E-state index in [0.717, 1.165) is 19.0 Å². The fraction of sp³-hybridized carbons (Fsp3) is 0.615. The maximum Gasteiger partial charge on any atom is 0.191 e. The van der Waals surface area contributed by atoms with Crippen LogP contribution >= 0.6 is 11.3 Å². The fourth-order valence-corrected chi connectivity index (χ4v) is 2.41. The van der Waals surface area contributed by atoms with Crippen LogP contribution in [0.1, 0.15) is 32.8 Å². The Bertz CT molecular complexity index is 381. The zero-order valence-corrected chi connectivity index (χ0v) is 11.6. The average Bonchev–Trinajstić information content (AvgIpc) is 2.69. The zero-order valence-electron chi connectivity index (χ0n) is 10.8. The van der Waals surface area contributed by atoms with Gasteiger partial charge in [-0.2, -0.15) is 11.3 Å². The molecule has 0 amide bonds. The number of nitrogens with one attached hydrogen (secondary N) is 2. The Kier molecular flexibility index (Phi) is 3.72. The van der Waals surface area contributed by atoms with E-state index in [0.29, 0.717) is 11.5 Å². The van der Waals surface area contributed by atoms with Gasteiger partial charge in [0.1, 0.15) is 0 Å². The first-order chi connectivity index (χ1) is 8.12. The van der Waals surface area contributed by atoms with Crippen LogP contribution < -0.4 is 10.6 Å². The van der Waals surface area contributed by atoms with Gasteiger partial charge in [-0.05, 0) is 41.1 Å². The largest absolute Gasteiger partial charge is 0.357 e. The van der Waals surface area contributed by atoms with Crippen LogP contribution in [0.2, 0.25) is 0 Å². The molecule has 1 unspecified atom stereocenters. The van der Waals surface area contributed by atoms with Crippen LogP contribution in [0.15, 0.2) is 21.8 Å². The first-order valence-corrected chi connectivity index (χ1v) is 7.12. The van der Waals surface area contributed by atoms with Crippen LogP contribution in [0.3, 0.4) is 0 Å². The van der Waals surface area contributed by atoms with Crippen LogP contribution in [0, 0.1) is 5.41 Å². The number of rotatable bonds is 4. The summed E-state index contributed by atoms with van der Waals surface area (Å²) in [7, 11) is 0. The molecule has 4 heteroatoms. The van der Waals surface area contributed by atoms with Gasteiger partial charge in [-0.1, -0.05) is 13.8 Å². The third-order valence-corrected chi connectivity index (χ3v) is 3.90. The second-order valence-electron chi connectivity index (χ2n) is 5.22. The van der Waals surface area contributed by atoms with E-state index in [2.05, 4.69) is 53.2 Å². The van der Waals surface area contributed by atoms with Crippen LogP contribution in [0.25, 0.3) is 0 Å². The molecule has 0 radical (unpaired) electrons. The van der Waals surface area contributed by atoms with E-state index < -0.39 is 0 Å². The molecule has 2 N–H and O–H groups in total. The second kappa shape index (κ2) is 5.08. The molecule has 1 aromatic heterocycles. The molecule has 0 aromatic carbocycles. The predicted molar refractivity (Wildman–Crippen MR) is 74.5 cm³/mol. The molecule has 1 saturated carbocycles. The van der Waals surface area contributed by atoms with Crippen molar-refractivity contribution >= 4 is 17.3 Å². The Morgan fingerprint density at radius 3 is 2.88 bits per heavy atom. The predicted octanol–water partition coefficient (Wildman–Crippen LogP) is 2.60. The molecule has 1 aromatic rings. The average molecular weight is 251 g/mol. The molecule has 3 nitrogen and oxygen atoms in total. The molecule has 2 rings (SSSR count). The highest BCUT2D eigenvalue weighted by Gasteiger charge is 2.46. The Balaban J connectivity index is 1.90. The molecule has 94 valence electrons. The summed E-state index contributed by atoms with van der Waals surface area (Å²) in [5, 5.41) is 11.0. The van der Waals surface area contributed by atoms with E-state index in [9.17, 15) is 0 Å². The second-order valence-corrected chi connectivity index (χ2v) is 6.00. The smallest absolute Gasteiger partial charge is 0.191 e. The van der Waals surface area contributed by atoms with Gasteiger partial charge >= 0.3 is 0 Å². The monoisotopic (exact) mass is 251 g/mol. The number of aliphatic imine (C=N–C) groups is 1. The van der Waals surface area contributed by atoms with Gasteiger partial charge in [0.15, 0.2) is 5.96 Å². The fourth-order valence-electron chi connectivity index (χ4n) is 1.75. The molecule has 1 fully saturated rings. The minimum absolute atomic E-state index is 0.429. The Morgan fingerprint density at radius 2 is 2.35 bits per heavy atom. The molecular weight excluding hydrogens is 230 g/mol. The molecule has 17 heavy (non-hydrogen) atoms. The summed E-state index contributed by atoms with van der Waals surface area (Å²) < 4.78 is 0. The molecule has 1 aliphatic carbocycles. The van der Waals surface area contributed by atoms with Crippen LogP contribution in [-0.4, -0.2) is 18.5 Å². The van der Waals surface area contributed by atoms with E-state index in [1.54, 1.807) is 11.3 Å². The minimum atomic E-state index is 0.429. The maximum absolute atomic E-state index is 4.60. The van der Waals surface area contributed by atoms with Gasteiger partial charge in [-0.3, -0.25) is 0 Å². The maximum atomic E-state index is 4.60. The third-order valence-electron chi connectivity index (χ3n) is 3.17. The van der Waals surface area contributed by atoms with Gasteiger partial charge in [0.05, 0.1) is 6.54 Å². The van der Waals surface area contributed by atoms with E-state index in [1.165, 1.54) is 12.0 Å². The van der Waals surface area contributed by atoms with Gasteiger partial charge in [0.25, 0.3) is 0 Å². The summed E-state index contributed by atoms with van der Waals surface area (Å²) >= 11 is 1.72. The zero-order chi connectivity index (χ0) is 12.3. The van der Waals surface area contributed by atoms with E-state index >= 15 is 0 Å².